The van der Waals surface area contributed by atoms with Crippen molar-refractivity contribution in [1.82, 2.24) is 4.98 Å². The van der Waals surface area contributed by atoms with Crippen LogP contribution in [-0.2, 0) is 4.74 Å². The molecule has 178 valence electrons. The Hall–Kier alpha value is -3.47. The molecule has 3 rings (SSSR count). The molecule has 1 aromatic heterocycles. The first-order valence-electron chi connectivity index (χ1n) is 9.53. The lowest BCUT2D eigenvalue weighted by molar-refractivity contribution is -0.0510. The van der Waals surface area contributed by atoms with E-state index in [4.69, 9.17) is 37.8 Å². The number of rotatable bonds is 9. The summed E-state index contributed by atoms with van der Waals surface area (Å²) in [5.41, 5.74) is 0.344. The number of nitrogens with one attached hydrogen (secondary N) is 1. The second-order valence-electron chi connectivity index (χ2n) is 6.46. The largest absolute Gasteiger partial charge is 0.460 e. The van der Waals surface area contributed by atoms with Crippen LogP contribution >= 0.6 is 23.2 Å². The third-order valence-corrected chi connectivity index (χ3v) is 4.73. The Balaban J connectivity index is 1.84. The van der Waals surface area contributed by atoms with Gasteiger partial charge in [-0.05, 0) is 42.5 Å². The molecule has 8 nitrogen and oxygen atoms in total. The minimum atomic E-state index is -3.14. The molecule has 1 heterocycles. The predicted molar refractivity (Wildman–Crippen MR) is 119 cm³/mol. The number of aromatic nitrogens is 1. The van der Waals surface area contributed by atoms with E-state index in [9.17, 15) is 18.4 Å². The van der Waals surface area contributed by atoms with Crippen LogP contribution in [0.2, 0.25) is 10.0 Å². The standard InChI is InChI=1S/C22H16Cl2F2N2O6/c23-15-10-27-11-16(24)19(15)28-20(30)13-3-6-17(34-22(25)26)18(9-13)33-14-4-1-12(2-5-14)21(31)32-8-7-29/h1-6,9-11,22,29H,7-8H2,(H,27,28,30). The fraction of sp³-hybridized carbons (Fsp3) is 0.136. The smallest absolute Gasteiger partial charge is 0.387 e. The highest BCUT2D eigenvalue weighted by Gasteiger charge is 2.18. The number of aliphatic hydroxyl groups is 1. The van der Waals surface area contributed by atoms with Crippen molar-refractivity contribution in [3.8, 4) is 17.2 Å². The maximum atomic E-state index is 12.9. The van der Waals surface area contributed by atoms with Crippen molar-refractivity contribution < 1.29 is 37.7 Å². The maximum absolute atomic E-state index is 12.9. The predicted octanol–water partition coefficient (Wildman–Crippen LogP) is 5.18. The average molecular weight is 513 g/mol. The zero-order valence-corrected chi connectivity index (χ0v) is 18.6. The van der Waals surface area contributed by atoms with Gasteiger partial charge < -0.3 is 24.6 Å². The van der Waals surface area contributed by atoms with Gasteiger partial charge in [0, 0.05) is 18.0 Å². The monoisotopic (exact) mass is 512 g/mol. The summed E-state index contributed by atoms with van der Waals surface area (Å²) < 4.78 is 40.6. The molecule has 0 radical (unpaired) electrons. The molecule has 0 aliphatic carbocycles. The van der Waals surface area contributed by atoms with Gasteiger partial charge in [-0.3, -0.25) is 9.78 Å². The van der Waals surface area contributed by atoms with Crippen LogP contribution in [0.5, 0.6) is 17.2 Å². The van der Waals surface area contributed by atoms with Gasteiger partial charge in [-0.1, -0.05) is 23.2 Å². The van der Waals surface area contributed by atoms with E-state index in [0.29, 0.717) is 0 Å². The topological polar surface area (TPSA) is 107 Å². The number of ether oxygens (including phenoxy) is 3. The SMILES string of the molecule is O=C(Nc1c(Cl)cncc1Cl)c1ccc(OC(F)F)c(Oc2ccc(C(=O)OCCO)cc2)c1. The molecule has 12 heteroatoms. The van der Waals surface area contributed by atoms with Gasteiger partial charge in [-0.2, -0.15) is 8.78 Å². The quantitative estimate of drug-likeness (QED) is 0.380. The van der Waals surface area contributed by atoms with Crippen LogP contribution in [0.1, 0.15) is 20.7 Å². The number of anilines is 1. The number of benzene rings is 2. The van der Waals surface area contributed by atoms with E-state index in [1.165, 1.54) is 48.8 Å². The number of hydrogen-bond donors (Lipinski definition) is 2. The van der Waals surface area contributed by atoms with Crippen molar-refractivity contribution in [2.45, 2.75) is 6.61 Å². The van der Waals surface area contributed by atoms with Crippen molar-refractivity contribution >= 4 is 40.8 Å². The lowest BCUT2D eigenvalue weighted by atomic mass is 10.1. The third kappa shape index (κ3) is 6.53. The highest BCUT2D eigenvalue weighted by molar-refractivity contribution is 6.39. The van der Waals surface area contributed by atoms with Gasteiger partial charge in [0.1, 0.15) is 12.4 Å². The zero-order valence-electron chi connectivity index (χ0n) is 17.1. The Bertz CT molecular complexity index is 1160. The Morgan fingerprint density at radius 2 is 1.65 bits per heavy atom. The molecule has 0 atom stereocenters. The highest BCUT2D eigenvalue weighted by Crippen LogP contribution is 2.35. The summed E-state index contributed by atoms with van der Waals surface area (Å²) in [7, 11) is 0. The summed E-state index contributed by atoms with van der Waals surface area (Å²) in [5, 5.41) is 11.5. The Kier molecular flexibility index (Phi) is 8.58. The zero-order chi connectivity index (χ0) is 24.7. The summed E-state index contributed by atoms with van der Waals surface area (Å²) in [6.07, 6.45) is 2.58. The van der Waals surface area contributed by atoms with Gasteiger partial charge in [0.2, 0.25) is 0 Å². The van der Waals surface area contributed by atoms with Gasteiger partial charge >= 0.3 is 12.6 Å². The third-order valence-electron chi connectivity index (χ3n) is 4.16. The molecule has 34 heavy (non-hydrogen) atoms. The molecule has 0 aliphatic heterocycles. The minimum Gasteiger partial charge on any atom is -0.460 e. The first-order chi connectivity index (χ1) is 16.3. The lowest BCUT2D eigenvalue weighted by Gasteiger charge is -2.14. The van der Waals surface area contributed by atoms with E-state index in [-0.39, 0.29) is 57.3 Å². The van der Waals surface area contributed by atoms with Gasteiger partial charge in [-0.15, -0.1) is 0 Å². The summed E-state index contributed by atoms with van der Waals surface area (Å²) in [4.78, 5) is 28.3. The van der Waals surface area contributed by atoms with Crippen molar-refractivity contribution in [3.63, 3.8) is 0 Å². The number of pyridine rings is 1. The van der Waals surface area contributed by atoms with Crippen LogP contribution < -0.4 is 14.8 Å². The lowest BCUT2D eigenvalue weighted by Crippen LogP contribution is -2.13. The molecule has 0 saturated carbocycles. The number of aliphatic hydroxyl groups excluding tert-OH is 1. The van der Waals surface area contributed by atoms with Crippen LogP contribution in [0, 0.1) is 0 Å². The molecule has 2 N–H and O–H groups in total. The molecule has 0 bridgehead atoms. The second-order valence-corrected chi connectivity index (χ2v) is 7.27. The van der Waals surface area contributed by atoms with E-state index in [1.807, 2.05) is 0 Å². The van der Waals surface area contributed by atoms with Crippen LogP contribution in [0.4, 0.5) is 14.5 Å². The number of esters is 1. The van der Waals surface area contributed by atoms with Gasteiger partial charge in [0.05, 0.1) is 27.9 Å². The first kappa shape index (κ1) is 25.2. The molecular formula is C22H16Cl2F2N2O6. The average Bonchev–Trinajstić information content (AvgIpc) is 2.81. The molecule has 3 aromatic rings. The Morgan fingerprint density at radius 1 is 1.00 bits per heavy atom. The number of halogens is 4. The fourth-order valence-corrected chi connectivity index (χ4v) is 3.11. The summed E-state index contributed by atoms with van der Waals surface area (Å²) in [6, 6.07) is 9.14. The fourth-order valence-electron chi connectivity index (χ4n) is 2.65. The molecule has 0 aliphatic rings. The molecule has 2 aromatic carbocycles. The van der Waals surface area contributed by atoms with Crippen LogP contribution in [-0.4, -0.2) is 41.8 Å². The van der Waals surface area contributed by atoms with E-state index in [0.717, 1.165) is 6.07 Å². The van der Waals surface area contributed by atoms with Gasteiger partial charge in [0.25, 0.3) is 5.91 Å². The first-order valence-corrected chi connectivity index (χ1v) is 10.3. The van der Waals surface area contributed by atoms with Gasteiger partial charge in [0.15, 0.2) is 11.5 Å². The van der Waals surface area contributed by atoms with Crippen LogP contribution in [0.15, 0.2) is 54.9 Å². The number of carbonyl (C=O) groups excluding carboxylic acids is 2. The van der Waals surface area contributed by atoms with Crippen molar-refractivity contribution in [1.29, 1.82) is 0 Å². The Morgan fingerprint density at radius 3 is 2.26 bits per heavy atom. The number of hydrogen-bond acceptors (Lipinski definition) is 7. The normalized spacial score (nSPS) is 10.6. The van der Waals surface area contributed by atoms with Crippen LogP contribution in [0.3, 0.4) is 0 Å². The molecular weight excluding hydrogens is 497 g/mol. The number of amides is 1. The Labute approximate surface area is 202 Å². The summed E-state index contributed by atoms with van der Waals surface area (Å²) in [5.74, 6) is -1.65. The van der Waals surface area contributed by atoms with Crippen molar-refractivity contribution in [3.05, 3.63) is 76.0 Å². The summed E-state index contributed by atoms with van der Waals surface area (Å²) in [6.45, 7) is -3.61. The minimum absolute atomic E-state index is 0.0322. The van der Waals surface area contributed by atoms with E-state index >= 15 is 0 Å². The van der Waals surface area contributed by atoms with E-state index in [2.05, 4.69) is 15.0 Å². The maximum Gasteiger partial charge on any atom is 0.387 e. The molecule has 0 spiro atoms. The molecule has 0 saturated heterocycles. The number of alkyl halides is 2. The van der Waals surface area contributed by atoms with E-state index < -0.39 is 18.5 Å². The van der Waals surface area contributed by atoms with Crippen molar-refractivity contribution in [2.24, 2.45) is 0 Å². The number of nitrogens with zero attached hydrogens (tertiary/aromatic N) is 1. The van der Waals surface area contributed by atoms with E-state index in [1.54, 1.807) is 0 Å². The summed E-state index contributed by atoms with van der Waals surface area (Å²) >= 11 is 12.0. The molecule has 1 amide bonds. The number of carbonyl (C=O) groups is 2. The second kappa shape index (κ2) is 11.6. The van der Waals surface area contributed by atoms with Crippen LogP contribution in [0.25, 0.3) is 0 Å². The molecule has 0 unspecified atom stereocenters. The molecule has 0 fully saturated rings. The van der Waals surface area contributed by atoms with Gasteiger partial charge in [-0.25, -0.2) is 4.79 Å². The highest BCUT2D eigenvalue weighted by atomic mass is 35.5. The van der Waals surface area contributed by atoms with Crippen molar-refractivity contribution in [2.75, 3.05) is 18.5 Å².